The van der Waals surface area contributed by atoms with E-state index in [0.717, 1.165) is 25.3 Å². The lowest BCUT2D eigenvalue weighted by Gasteiger charge is -2.15. The van der Waals surface area contributed by atoms with Crippen LogP contribution in [0.3, 0.4) is 0 Å². The maximum Gasteiger partial charge on any atom is 0.270 e. The van der Waals surface area contributed by atoms with Crippen LogP contribution in [-0.4, -0.2) is 26.9 Å². The van der Waals surface area contributed by atoms with Crippen molar-refractivity contribution in [1.82, 2.24) is 4.72 Å². The number of nitro groups is 1. The monoisotopic (exact) mass is 313 g/mol. The number of hydrogen-bond acceptors (Lipinski definition) is 5. The lowest BCUT2D eigenvalue weighted by molar-refractivity contribution is -0.385. The zero-order valence-electron chi connectivity index (χ0n) is 12.0. The standard InChI is InChI=1S/C13H19N3O4S/c1-3-13(6-7-13)9-15-21(19,20)12-8-10(16(17)18)4-5-11(12)14-2/h4-5,8,14-15H,3,6-7,9H2,1-2H3. The fraction of sp³-hybridized carbons (Fsp3) is 0.538. The average Bonchev–Trinajstić information content (AvgIpc) is 3.25. The number of non-ortho nitro benzene ring substituents is 1. The van der Waals surface area contributed by atoms with E-state index in [2.05, 4.69) is 10.0 Å². The van der Waals surface area contributed by atoms with Crippen LogP contribution in [0.5, 0.6) is 0 Å². The summed E-state index contributed by atoms with van der Waals surface area (Å²) in [5.41, 5.74) is 0.161. The molecule has 1 aromatic rings. The fourth-order valence-corrected chi connectivity index (χ4v) is 3.60. The third-order valence-electron chi connectivity index (χ3n) is 4.08. The summed E-state index contributed by atoms with van der Waals surface area (Å²) in [5, 5.41) is 13.6. The van der Waals surface area contributed by atoms with Gasteiger partial charge < -0.3 is 5.32 Å². The van der Waals surface area contributed by atoms with Crippen molar-refractivity contribution in [1.29, 1.82) is 0 Å². The molecule has 21 heavy (non-hydrogen) atoms. The number of sulfonamides is 1. The van der Waals surface area contributed by atoms with E-state index in [1.54, 1.807) is 7.05 Å². The Labute approximate surface area is 123 Å². The molecule has 0 unspecified atom stereocenters. The van der Waals surface area contributed by atoms with Crippen molar-refractivity contribution >= 4 is 21.4 Å². The molecule has 8 heteroatoms. The van der Waals surface area contributed by atoms with E-state index in [-0.39, 0.29) is 16.0 Å². The van der Waals surface area contributed by atoms with E-state index in [4.69, 9.17) is 0 Å². The number of nitro benzene ring substituents is 1. The molecule has 0 atom stereocenters. The number of hydrogen-bond donors (Lipinski definition) is 2. The third-order valence-corrected chi connectivity index (χ3v) is 5.52. The van der Waals surface area contributed by atoms with Gasteiger partial charge in [-0.3, -0.25) is 10.1 Å². The van der Waals surface area contributed by atoms with Crippen LogP contribution in [-0.2, 0) is 10.0 Å². The Morgan fingerprint density at radius 3 is 2.52 bits per heavy atom. The molecule has 0 amide bonds. The molecule has 2 N–H and O–H groups in total. The van der Waals surface area contributed by atoms with E-state index in [0.29, 0.717) is 12.2 Å². The van der Waals surface area contributed by atoms with Gasteiger partial charge >= 0.3 is 0 Å². The second-order valence-corrected chi connectivity index (χ2v) is 7.10. The normalized spacial score (nSPS) is 16.5. The lowest BCUT2D eigenvalue weighted by Crippen LogP contribution is -2.30. The first-order valence-corrected chi connectivity index (χ1v) is 8.28. The molecular formula is C13H19N3O4S. The van der Waals surface area contributed by atoms with Gasteiger partial charge in [-0.05, 0) is 30.7 Å². The van der Waals surface area contributed by atoms with Crippen molar-refractivity contribution in [3.8, 4) is 0 Å². The second-order valence-electron chi connectivity index (χ2n) is 5.37. The van der Waals surface area contributed by atoms with Crippen molar-refractivity contribution in [2.45, 2.75) is 31.1 Å². The molecule has 1 aliphatic carbocycles. The molecule has 0 radical (unpaired) electrons. The number of nitrogens with one attached hydrogen (secondary N) is 2. The van der Waals surface area contributed by atoms with Gasteiger partial charge in [-0.1, -0.05) is 6.92 Å². The smallest absolute Gasteiger partial charge is 0.270 e. The summed E-state index contributed by atoms with van der Waals surface area (Å²) in [5.74, 6) is 0. The first-order chi connectivity index (χ1) is 9.83. The van der Waals surface area contributed by atoms with Crippen LogP contribution in [0.2, 0.25) is 0 Å². The predicted octanol–water partition coefficient (Wildman–Crippen LogP) is 2.10. The summed E-state index contributed by atoms with van der Waals surface area (Å²) < 4.78 is 27.4. The topological polar surface area (TPSA) is 101 Å². The van der Waals surface area contributed by atoms with Crippen molar-refractivity contribution < 1.29 is 13.3 Å². The second kappa shape index (κ2) is 5.61. The van der Waals surface area contributed by atoms with E-state index >= 15 is 0 Å². The lowest BCUT2D eigenvalue weighted by atomic mass is 10.1. The first kappa shape index (κ1) is 15.7. The Morgan fingerprint density at radius 2 is 2.05 bits per heavy atom. The van der Waals surface area contributed by atoms with E-state index in [1.807, 2.05) is 6.92 Å². The quantitative estimate of drug-likeness (QED) is 0.593. The maximum absolute atomic E-state index is 12.4. The van der Waals surface area contributed by atoms with Crippen LogP contribution < -0.4 is 10.0 Å². The van der Waals surface area contributed by atoms with Gasteiger partial charge in [0.25, 0.3) is 5.69 Å². The van der Waals surface area contributed by atoms with Gasteiger partial charge in [-0.2, -0.15) is 0 Å². The van der Waals surface area contributed by atoms with Crippen LogP contribution in [0.4, 0.5) is 11.4 Å². The first-order valence-electron chi connectivity index (χ1n) is 6.79. The molecule has 0 saturated heterocycles. The Hall–Kier alpha value is -1.67. The van der Waals surface area contributed by atoms with Crippen molar-refractivity contribution in [3.63, 3.8) is 0 Å². The molecule has 1 saturated carbocycles. The Balaban J connectivity index is 2.29. The minimum Gasteiger partial charge on any atom is -0.387 e. The highest BCUT2D eigenvalue weighted by Gasteiger charge is 2.41. The summed E-state index contributed by atoms with van der Waals surface area (Å²) in [6.07, 6.45) is 2.95. The van der Waals surface area contributed by atoms with Gasteiger partial charge in [0.05, 0.1) is 10.6 Å². The van der Waals surface area contributed by atoms with Gasteiger partial charge in [-0.15, -0.1) is 0 Å². The Bertz CT molecular complexity index is 653. The Morgan fingerprint density at radius 1 is 1.38 bits per heavy atom. The molecule has 0 heterocycles. The summed E-state index contributed by atoms with van der Waals surface area (Å²) in [6, 6.07) is 3.76. The summed E-state index contributed by atoms with van der Waals surface area (Å²) in [4.78, 5) is 10.1. The van der Waals surface area contributed by atoms with Crippen LogP contribution in [0, 0.1) is 15.5 Å². The average molecular weight is 313 g/mol. The fourth-order valence-electron chi connectivity index (χ4n) is 2.21. The summed E-state index contributed by atoms with van der Waals surface area (Å²) >= 11 is 0. The molecule has 0 aliphatic heterocycles. The number of anilines is 1. The molecule has 1 fully saturated rings. The minimum absolute atomic E-state index is 0.0631. The molecule has 0 spiro atoms. The molecular weight excluding hydrogens is 294 g/mol. The molecule has 1 aliphatic rings. The van der Waals surface area contributed by atoms with Crippen LogP contribution >= 0.6 is 0 Å². The highest BCUT2D eigenvalue weighted by Crippen LogP contribution is 2.48. The minimum atomic E-state index is -3.78. The summed E-state index contributed by atoms with van der Waals surface area (Å²) in [7, 11) is -2.20. The zero-order valence-corrected chi connectivity index (χ0v) is 12.9. The van der Waals surface area contributed by atoms with Crippen molar-refractivity contribution in [2.75, 3.05) is 18.9 Å². The highest BCUT2D eigenvalue weighted by atomic mass is 32.2. The molecule has 0 aromatic heterocycles. The van der Waals surface area contributed by atoms with Gasteiger partial charge in [0.1, 0.15) is 4.90 Å². The van der Waals surface area contributed by atoms with Crippen LogP contribution in [0.15, 0.2) is 23.1 Å². The van der Waals surface area contributed by atoms with E-state index in [9.17, 15) is 18.5 Å². The van der Waals surface area contributed by atoms with E-state index in [1.165, 1.54) is 12.1 Å². The van der Waals surface area contributed by atoms with Gasteiger partial charge in [0, 0.05) is 25.7 Å². The predicted molar refractivity (Wildman–Crippen MR) is 79.8 cm³/mol. The molecule has 0 bridgehead atoms. The van der Waals surface area contributed by atoms with Crippen LogP contribution in [0.1, 0.15) is 26.2 Å². The number of benzene rings is 1. The largest absolute Gasteiger partial charge is 0.387 e. The van der Waals surface area contributed by atoms with Crippen LogP contribution in [0.25, 0.3) is 0 Å². The van der Waals surface area contributed by atoms with Gasteiger partial charge in [0.15, 0.2) is 0 Å². The highest BCUT2D eigenvalue weighted by molar-refractivity contribution is 7.89. The number of rotatable bonds is 7. The maximum atomic E-state index is 12.4. The van der Waals surface area contributed by atoms with Crippen molar-refractivity contribution in [2.24, 2.45) is 5.41 Å². The van der Waals surface area contributed by atoms with Crippen molar-refractivity contribution in [3.05, 3.63) is 28.3 Å². The van der Waals surface area contributed by atoms with Gasteiger partial charge in [0.2, 0.25) is 10.0 Å². The number of nitrogens with zero attached hydrogens (tertiary/aromatic N) is 1. The molecule has 1 aromatic carbocycles. The SMILES string of the molecule is CCC1(CNS(=O)(=O)c2cc([N+](=O)[O-])ccc2NC)CC1. The van der Waals surface area contributed by atoms with Gasteiger partial charge in [-0.25, -0.2) is 13.1 Å². The molecule has 7 nitrogen and oxygen atoms in total. The zero-order chi connectivity index (χ0) is 15.7. The van der Waals surface area contributed by atoms with E-state index < -0.39 is 14.9 Å². The summed E-state index contributed by atoms with van der Waals surface area (Å²) in [6.45, 7) is 2.41. The third kappa shape index (κ3) is 3.33. The Kier molecular flexibility index (Phi) is 4.20. The molecule has 2 rings (SSSR count). The molecule has 116 valence electrons.